The molecular weight excluding hydrogens is 332 g/mol. The van der Waals surface area contributed by atoms with Gasteiger partial charge in [-0.05, 0) is 32.4 Å². The maximum Gasteiger partial charge on any atom is 0.244 e. The van der Waals surface area contributed by atoms with Crippen molar-refractivity contribution >= 4 is 21.4 Å². The van der Waals surface area contributed by atoms with Gasteiger partial charge in [-0.3, -0.25) is 10.00 Å². The molecule has 3 heterocycles. The Hall–Kier alpha value is -1.22. The van der Waals surface area contributed by atoms with E-state index in [1.165, 1.54) is 11.3 Å². The lowest BCUT2D eigenvalue weighted by molar-refractivity contribution is 0.179. The van der Waals surface area contributed by atoms with Crippen molar-refractivity contribution in [3.63, 3.8) is 0 Å². The number of hydrogen-bond donors (Lipinski definition) is 1. The fourth-order valence-electron chi connectivity index (χ4n) is 2.89. The molecule has 1 aliphatic heterocycles. The smallest absolute Gasteiger partial charge is 0.244 e. The monoisotopic (exact) mass is 354 g/mol. The average molecular weight is 355 g/mol. The van der Waals surface area contributed by atoms with Crippen molar-refractivity contribution in [1.82, 2.24) is 19.4 Å². The van der Waals surface area contributed by atoms with Crippen LogP contribution in [0.3, 0.4) is 0 Å². The first-order valence-corrected chi connectivity index (χ1v) is 9.92. The molecule has 1 fully saturated rings. The van der Waals surface area contributed by atoms with Crippen LogP contribution in [-0.2, 0) is 16.6 Å². The van der Waals surface area contributed by atoms with Gasteiger partial charge in [-0.1, -0.05) is 0 Å². The Morgan fingerprint density at radius 3 is 2.43 bits per heavy atom. The van der Waals surface area contributed by atoms with Crippen LogP contribution in [0.5, 0.6) is 0 Å². The summed E-state index contributed by atoms with van der Waals surface area (Å²) in [6, 6.07) is 1.79. The van der Waals surface area contributed by atoms with E-state index in [0.717, 1.165) is 40.6 Å². The number of sulfonamides is 1. The van der Waals surface area contributed by atoms with E-state index in [0.29, 0.717) is 18.0 Å². The molecule has 0 bridgehead atoms. The highest BCUT2D eigenvalue weighted by Gasteiger charge is 2.30. The summed E-state index contributed by atoms with van der Waals surface area (Å²) in [4.78, 5) is 4.64. The SMILES string of the molecule is Cc1cc(S(=O)(=O)N2CCN(Cc3[nH]ncc3C)CC2)c(C)s1. The van der Waals surface area contributed by atoms with Gasteiger partial charge in [0.2, 0.25) is 10.0 Å². The molecule has 0 aromatic carbocycles. The number of thiophene rings is 1. The highest BCUT2D eigenvalue weighted by molar-refractivity contribution is 7.89. The number of rotatable bonds is 4. The second-order valence-electron chi connectivity index (χ2n) is 5.99. The van der Waals surface area contributed by atoms with Gasteiger partial charge in [-0.15, -0.1) is 11.3 Å². The number of H-pyrrole nitrogens is 1. The fourth-order valence-corrected chi connectivity index (χ4v) is 5.83. The highest BCUT2D eigenvalue weighted by Crippen LogP contribution is 2.28. The maximum absolute atomic E-state index is 12.8. The predicted octanol–water partition coefficient (Wildman–Crippen LogP) is 1.90. The van der Waals surface area contributed by atoms with Crippen LogP contribution in [0.4, 0.5) is 0 Å². The molecular formula is C15H22N4O2S2. The van der Waals surface area contributed by atoms with E-state index in [-0.39, 0.29) is 0 Å². The van der Waals surface area contributed by atoms with Gasteiger partial charge in [0.1, 0.15) is 0 Å². The third-order valence-electron chi connectivity index (χ3n) is 4.26. The zero-order valence-electron chi connectivity index (χ0n) is 13.7. The molecule has 0 spiro atoms. The van der Waals surface area contributed by atoms with Gasteiger partial charge in [0.05, 0.1) is 16.8 Å². The largest absolute Gasteiger partial charge is 0.295 e. The minimum absolute atomic E-state index is 0.470. The molecule has 8 heteroatoms. The third-order valence-corrected chi connectivity index (χ3v) is 7.38. The molecule has 23 heavy (non-hydrogen) atoms. The summed E-state index contributed by atoms with van der Waals surface area (Å²) >= 11 is 1.54. The second-order valence-corrected chi connectivity index (χ2v) is 9.36. The first-order valence-electron chi connectivity index (χ1n) is 7.66. The number of piperazine rings is 1. The summed E-state index contributed by atoms with van der Waals surface area (Å²) in [5.41, 5.74) is 2.25. The van der Waals surface area contributed by atoms with Crippen LogP contribution < -0.4 is 0 Å². The molecule has 0 atom stereocenters. The van der Waals surface area contributed by atoms with Crippen LogP contribution in [0.25, 0.3) is 0 Å². The number of nitrogens with zero attached hydrogens (tertiary/aromatic N) is 3. The molecule has 0 aliphatic carbocycles. The second kappa shape index (κ2) is 6.35. The standard InChI is InChI=1S/C15H22N4O2S2/c1-11-9-16-17-14(11)10-18-4-6-19(7-5-18)23(20,21)15-8-12(2)22-13(15)3/h8-9H,4-7,10H2,1-3H3,(H,16,17). The molecule has 6 nitrogen and oxygen atoms in total. The minimum atomic E-state index is -3.37. The Morgan fingerprint density at radius 1 is 1.22 bits per heavy atom. The van der Waals surface area contributed by atoms with Crippen molar-refractivity contribution in [3.05, 3.63) is 33.3 Å². The molecule has 0 amide bonds. The topological polar surface area (TPSA) is 69.3 Å². The zero-order chi connectivity index (χ0) is 16.6. The van der Waals surface area contributed by atoms with Crippen molar-refractivity contribution in [2.45, 2.75) is 32.2 Å². The van der Waals surface area contributed by atoms with Crippen LogP contribution in [0.15, 0.2) is 17.2 Å². The molecule has 0 radical (unpaired) electrons. The van der Waals surface area contributed by atoms with E-state index in [1.54, 1.807) is 10.4 Å². The fraction of sp³-hybridized carbons (Fsp3) is 0.533. The van der Waals surface area contributed by atoms with Crippen LogP contribution >= 0.6 is 11.3 Å². The van der Waals surface area contributed by atoms with Gasteiger partial charge in [-0.25, -0.2) is 8.42 Å². The Bertz CT molecular complexity index is 786. The molecule has 1 saturated heterocycles. The molecule has 0 saturated carbocycles. The number of nitrogens with one attached hydrogen (secondary N) is 1. The van der Waals surface area contributed by atoms with Crippen molar-refractivity contribution in [2.75, 3.05) is 26.2 Å². The maximum atomic E-state index is 12.8. The minimum Gasteiger partial charge on any atom is -0.295 e. The Labute approximate surface area is 141 Å². The lowest BCUT2D eigenvalue weighted by Gasteiger charge is -2.33. The van der Waals surface area contributed by atoms with Crippen LogP contribution in [0, 0.1) is 20.8 Å². The molecule has 2 aromatic rings. The quantitative estimate of drug-likeness (QED) is 0.910. The molecule has 3 rings (SSSR count). The van der Waals surface area contributed by atoms with E-state index < -0.39 is 10.0 Å². The molecule has 126 valence electrons. The number of aryl methyl sites for hydroxylation is 3. The van der Waals surface area contributed by atoms with Gasteiger partial charge >= 0.3 is 0 Å². The van der Waals surface area contributed by atoms with Crippen molar-refractivity contribution in [2.24, 2.45) is 0 Å². The first-order chi connectivity index (χ1) is 10.9. The Morgan fingerprint density at radius 2 is 1.91 bits per heavy atom. The van der Waals surface area contributed by atoms with Gasteiger partial charge in [0.25, 0.3) is 0 Å². The highest BCUT2D eigenvalue weighted by atomic mass is 32.2. The lowest BCUT2D eigenvalue weighted by atomic mass is 10.2. The first kappa shape index (κ1) is 16.6. The molecule has 2 aromatic heterocycles. The van der Waals surface area contributed by atoms with Crippen molar-refractivity contribution in [1.29, 1.82) is 0 Å². The summed E-state index contributed by atoms with van der Waals surface area (Å²) in [6.45, 7) is 9.17. The average Bonchev–Trinajstić information content (AvgIpc) is 3.06. The van der Waals surface area contributed by atoms with E-state index in [4.69, 9.17) is 0 Å². The van der Waals surface area contributed by atoms with Crippen LogP contribution in [0.1, 0.15) is 21.0 Å². The molecule has 1 N–H and O–H groups in total. The van der Waals surface area contributed by atoms with Crippen molar-refractivity contribution < 1.29 is 8.42 Å². The summed E-state index contributed by atoms with van der Waals surface area (Å²) in [5.74, 6) is 0. The zero-order valence-corrected chi connectivity index (χ0v) is 15.3. The van der Waals surface area contributed by atoms with Crippen molar-refractivity contribution in [3.8, 4) is 0 Å². The Kier molecular flexibility index (Phi) is 4.59. The molecule has 0 unspecified atom stereocenters. The summed E-state index contributed by atoms with van der Waals surface area (Å²) in [7, 11) is -3.37. The van der Waals surface area contributed by atoms with E-state index in [2.05, 4.69) is 15.1 Å². The lowest BCUT2D eigenvalue weighted by Crippen LogP contribution is -2.48. The van der Waals surface area contributed by atoms with Gasteiger partial charge < -0.3 is 0 Å². The van der Waals surface area contributed by atoms with Gasteiger partial charge in [-0.2, -0.15) is 9.40 Å². The number of aromatic nitrogens is 2. The number of hydrogen-bond acceptors (Lipinski definition) is 5. The summed E-state index contributed by atoms with van der Waals surface area (Å²) in [5, 5.41) is 7.04. The summed E-state index contributed by atoms with van der Waals surface area (Å²) < 4.78 is 27.2. The Balaban J connectivity index is 1.66. The van der Waals surface area contributed by atoms with Gasteiger partial charge in [0.15, 0.2) is 0 Å². The summed E-state index contributed by atoms with van der Waals surface area (Å²) in [6.07, 6.45) is 1.82. The predicted molar refractivity (Wildman–Crippen MR) is 91.2 cm³/mol. The molecule has 1 aliphatic rings. The normalized spacial score (nSPS) is 17.7. The van der Waals surface area contributed by atoms with E-state index in [9.17, 15) is 8.42 Å². The van der Waals surface area contributed by atoms with E-state index >= 15 is 0 Å². The van der Waals surface area contributed by atoms with Crippen LogP contribution in [0.2, 0.25) is 0 Å². The van der Waals surface area contributed by atoms with Gasteiger partial charge in [0, 0.05) is 42.5 Å². The number of aromatic amines is 1. The van der Waals surface area contributed by atoms with Crippen LogP contribution in [-0.4, -0.2) is 54.0 Å². The van der Waals surface area contributed by atoms with E-state index in [1.807, 2.05) is 27.0 Å². The third kappa shape index (κ3) is 3.35.